The zero-order valence-corrected chi connectivity index (χ0v) is 16.4. The fourth-order valence-corrected chi connectivity index (χ4v) is 4.69. The molecule has 0 saturated carbocycles. The van der Waals surface area contributed by atoms with Crippen LogP contribution in [0.25, 0.3) is 0 Å². The van der Waals surface area contributed by atoms with E-state index in [-0.39, 0.29) is 16.2 Å². The molecule has 1 aliphatic heterocycles. The molecule has 1 aromatic rings. The third kappa shape index (κ3) is 4.98. The van der Waals surface area contributed by atoms with Crippen LogP contribution in [-0.4, -0.2) is 55.9 Å². The fraction of sp³-hybridized carbons (Fsp3) is 0.556. The van der Waals surface area contributed by atoms with Gasteiger partial charge in [-0.3, -0.25) is 4.79 Å². The van der Waals surface area contributed by atoms with Crippen molar-refractivity contribution in [3.05, 3.63) is 23.8 Å². The van der Waals surface area contributed by atoms with E-state index >= 15 is 0 Å². The topological polar surface area (TPSA) is 113 Å². The number of nitrogens with one attached hydrogen (secondary N) is 1. The second-order valence-electron chi connectivity index (χ2n) is 6.48. The minimum absolute atomic E-state index is 0.0799. The summed E-state index contributed by atoms with van der Waals surface area (Å²) >= 11 is 0. The Morgan fingerprint density at radius 1 is 1.30 bits per heavy atom. The minimum atomic E-state index is -3.78. The zero-order valence-electron chi connectivity index (χ0n) is 15.6. The van der Waals surface area contributed by atoms with Gasteiger partial charge in [0, 0.05) is 18.7 Å². The maximum absolute atomic E-state index is 12.9. The summed E-state index contributed by atoms with van der Waals surface area (Å²) in [6, 6.07) is 3.08. The van der Waals surface area contributed by atoms with Crippen LogP contribution < -0.4 is 10.1 Å². The highest BCUT2D eigenvalue weighted by Gasteiger charge is 2.31. The third-order valence-corrected chi connectivity index (χ3v) is 6.48. The number of carboxylic acid groups (broad SMARTS) is 1. The summed E-state index contributed by atoms with van der Waals surface area (Å²) in [5.74, 6) is -1.59. The lowest BCUT2D eigenvalue weighted by molar-refractivity contribution is -0.139. The van der Waals surface area contributed by atoms with Crippen molar-refractivity contribution < 1.29 is 27.9 Å². The van der Waals surface area contributed by atoms with Crippen LogP contribution in [0.15, 0.2) is 23.1 Å². The summed E-state index contributed by atoms with van der Waals surface area (Å²) < 4.78 is 32.3. The lowest BCUT2D eigenvalue weighted by Gasteiger charge is -2.19. The number of methoxy groups -OCH3 is 1. The summed E-state index contributed by atoms with van der Waals surface area (Å²) in [6.45, 7) is 2.79. The molecule has 2 rings (SSSR count). The van der Waals surface area contributed by atoms with E-state index in [2.05, 4.69) is 5.32 Å². The van der Waals surface area contributed by atoms with Crippen molar-refractivity contribution in [1.29, 1.82) is 0 Å². The molecule has 1 aromatic carbocycles. The predicted molar refractivity (Wildman–Crippen MR) is 99.4 cm³/mol. The molecule has 0 bridgehead atoms. The highest BCUT2D eigenvalue weighted by Crippen LogP contribution is 2.29. The van der Waals surface area contributed by atoms with Gasteiger partial charge < -0.3 is 15.2 Å². The van der Waals surface area contributed by atoms with E-state index in [0.29, 0.717) is 25.9 Å². The number of carbonyl (C=O) groups is 2. The van der Waals surface area contributed by atoms with E-state index in [4.69, 9.17) is 4.74 Å². The first-order valence-electron chi connectivity index (χ1n) is 9.03. The first-order valence-corrected chi connectivity index (χ1v) is 10.5. The summed E-state index contributed by atoms with van der Waals surface area (Å²) in [5, 5.41) is 11.7. The summed E-state index contributed by atoms with van der Waals surface area (Å²) in [6.07, 6.45) is 3.36. The maximum atomic E-state index is 12.9. The number of aliphatic carboxylic acids is 1. The van der Waals surface area contributed by atoms with Gasteiger partial charge >= 0.3 is 5.97 Å². The van der Waals surface area contributed by atoms with Gasteiger partial charge in [0.2, 0.25) is 10.0 Å². The normalized spacial score (nSPS) is 16.1. The lowest BCUT2D eigenvalue weighted by atomic mass is 10.1. The van der Waals surface area contributed by atoms with Crippen molar-refractivity contribution in [3.63, 3.8) is 0 Å². The van der Waals surface area contributed by atoms with Crippen LogP contribution >= 0.6 is 0 Å². The van der Waals surface area contributed by atoms with E-state index in [9.17, 15) is 23.1 Å². The van der Waals surface area contributed by atoms with Gasteiger partial charge in [-0.25, -0.2) is 13.2 Å². The van der Waals surface area contributed by atoms with Gasteiger partial charge in [-0.05, 0) is 37.5 Å². The number of hydrogen-bond acceptors (Lipinski definition) is 5. The predicted octanol–water partition coefficient (Wildman–Crippen LogP) is 1.85. The monoisotopic (exact) mass is 398 g/mol. The summed E-state index contributed by atoms with van der Waals surface area (Å²) in [4.78, 5) is 23.8. The van der Waals surface area contributed by atoms with Gasteiger partial charge in [0.25, 0.3) is 5.91 Å². The molecule has 9 heteroatoms. The molecule has 1 fully saturated rings. The molecule has 2 N–H and O–H groups in total. The number of carboxylic acids is 1. The van der Waals surface area contributed by atoms with Gasteiger partial charge in [0.15, 0.2) is 0 Å². The van der Waals surface area contributed by atoms with Crippen LogP contribution in [0.4, 0.5) is 0 Å². The molecule has 1 atom stereocenters. The number of rotatable bonds is 9. The van der Waals surface area contributed by atoms with Gasteiger partial charge in [0.1, 0.15) is 16.7 Å². The largest absolute Gasteiger partial charge is 0.495 e. The highest BCUT2D eigenvalue weighted by molar-refractivity contribution is 7.89. The maximum Gasteiger partial charge on any atom is 0.326 e. The molecule has 150 valence electrons. The standard InChI is InChI=1S/C18H26N2O6S/c1-3-4-7-14(18(22)23)19-17(21)13-8-9-15(26-2)16(12-13)27(24,25)20-10-5-6-11-20/h8-9,12,14H,3-7,10-11H2,1-2H3,(H,19,21)(H,22,23)/t14-/m0/s1. The Balaban J connectivity index is 2.30. The van der Waals surface area contributed by atoms with Crippen molar-refractivity contribution >= 4 is 21.9 Å². The van der Waals surface area contributed by atoms with Crippen molar-refractivity contribution in [1.82, 2.24) is 9.62 Å². The lowest BCUT2D eigenvalue weighted by Crippen LogP contribution is -2.40. The van der Waals surface area contributed by atoms with Crippen LogP contribution in [0, 0.1) is 0 Å². The van der Waals surface area contributed by atoms with E-state index < -0.39 is 27.9 Å². The smallest absolute Gasteiger partial charge is 0.326 e. The van der Waals surface area contributed by atoms with Crippen molar-refractivity contribution in [2.24, 2.45) is 0 Å². The Labute approximate surface area is 159 Å². The molecule has 1 amide bonds. The molecule has 0 unspecified atom stereocenters. The molecule has 8 nitrogen and oxygen atoms in total. The molecule has 0 spiro atoms. The van der Waals surface area contributed by atoms with Crippen LogP contribution in [0.3, 0.4) is 0 Å². The Hall–Kier alpha value is -2.13. The quantitative estimate of drug-likeness (QED) is 0.656. The summed E-state index contributed by atoms with van der Waals surface area (Å²) in [7, 11) is -2.42. The average Bonchev–Trinajstić information content (AvgIpc) is 3.19. The number of unbranched alkanes of at least 4 members (excludes halogenated alkanes) is 1. The number of sulfonamides is 1. The molecule has 0 aromatic heterocycles. The SMILES string of the molecule is CCCC[C@H](NC(=O)c1ccc(OC)c(S(=O)(=O)N2CCCC2)c1)C(=O)O. The molecule has 0 aliphatic carbocycles. The number of amides is 1. The number of ether oxygens (including phenoxy) is 1. The van der Waals surface area contributed by atoms with E-state index in [1.807, 2.05) is 6.92 Å². The number of benzene rings is 1. The minimum Gasteiger partial charge on any atom is -0.495 e. The van der Waals surface area contributed by atoms with Crippen molar-refractivity contribution in [2.75, 3.05) is 20.2 Å². The molecule has 27 heavy (non-hydrogen) atoms. The average molecular weight is 398 g/mol. The third-order valence-electron chi connectivity index (χ3n) is 4.56. The zero-order chi connectivity index (χ0) is 20.0. The number of carbonyl (C=O) groups excluding carboxylic acids is 1. The number of hydrogen-bond donors (Lipinski definition) is 2. The van der Waals surface area contributed by atoms with Gasteiger partial charge in [-0.15, -0.1) is 0 Å². The second kappa shape index (κ2) is 9.18. The van der Waals surface area contributed by atoms with Crippen LogP contribution in [0.2, 0.25) is 0 Å². The first-order chi connectivity index (χ1) is 12.8. The molecular formula is C18H26N2O6S. The van der Waals surface area contributed by atoms with Crippen LogP contribution in [0.1, 0.15) is 49.4 Å². The Morgan fingerprint density at radius 2 is 1.96 bits per heavy atom. The molecule has 1 aliphatic rings. The Morgan fingerprint density at radius 3 is 2.52 bits per heavy atom. The summed E-state index contributed by atoms with van der Waals surface area (Å²) in [5.41, 5.74) is 0.0799. The van der Waals surface area contributed by atoms with Gasteiger partial charge in [0.05, 0.1) is 7.11 Å². The fourth-order valence-electron chi connectivity index (χ4n) is 2.99. The van der Waals surface area contributed by atoms with Crippen LogP contribution in [0.5, 0.6) is 5.75 Å². The van der Waals surface area contributed by atoms with E-state index in [0.717, 1.165) is 19.3 Å². The Kier molecular flexibility index (Phi) is 7.20. The highest BCUT2D eigenvalue weighted by atomic mass is 32.2. The van der Waals surface area contributed by atoms with Gasteiger partial charge in [-0.1, -0.05) is 19.8 Å². The second-order valence-corrected chi connectivity index (χ2v) is 8.39. The van der Waals surface area contributed by atoms with Crippen LogP contribution in [-0.2, 0) is 14.8 Å². The Bertz CT molecular complexity index is 787. The number of nitrogens with zero attached hydrogens (tertiary/aromatic N) is 1. The van der Waals surface area contributed by atoms with E-state index in [1.54, 1.807) is 0 Å². The molecule has 0 radical (unpaired) electrons. The molecule has 1 heterocycles. The first kappa shape index (κ1) is 21.2. The molecule has 1 saturated heterocycles. The molecular weight excluding hydrogens is 372 g/mol. The van der Waals surface area contributed by atoms with Gasteiger partial charge in [-0.2, -0.15) is 4.31 Å². The van der Waals surface area contributed by atoms with Crippen molar-refractivity contribution in [2.45, 2.75) is 50.0 Å². The van der Waals surface area contributed by atoms with E-state index in [1.165, 1.54) is 29.6 Å². The van der Waals surface area contributed by atoms with Crippen molar-refractivity contribution in [3.8, 4) is 5.75 Å².